The summed E-state index contributed by atoms with van der Waals surface area (Å²) in [5, 5.41) is 2.77. The van der Waals surface area contributed by atoms with Crippen LogP contribution in [-0.2, 0) is 9.53 Å². The van der Waals surface area contributed by atoms with Gasteiger partial charge in [0.1, 0.15) is 0 Å². The van der Waals surface area contributed by atoms with Crippen LogP contribution in [-0.4, -0.2) is 19.0 Å². The summed E-state index contributed by atoms with van der Waals surface area (Å²) < 4.78 is 4.72. The van der Waals surface area contributed by atoms with Crippen molar-refractivity contribution in [2.45, 2.75) is 39.5 Å². The van der Waals surface area contributed by atoms with Gasteiger partial charge in [-0.25, -0.2) is 4.79 Å². The van der Waals surface area contributed by atoms with Crippen LogP contribution in [0.1, 0.15) is 48.5 Å². The number of hydrogen-bond donors (Lipinski definition) is 1. The molecular formula is C15H21NO3. The average Bonchev–Trinajstić information content (AvgIpc) is 2.40. The molecule has 0 aliphatic rings. The molecule has 19 heavy (non-hydrogen) atoms. The fourth-order valence-corrected chi connectivity index (χ4v) is 1.79. The number of anilines is 1. The van der Waals surface area contributed by atoms with Crippen molar-refractivity contribution < 1.29 is 14.3 Å². The normalized spacial score (nSPS) is 10.1. The largest absolute Gasteiger partial charge is 0.465 e. The number of ether oxygens (including phenoxy) is 1. The molecule has 1 aromatic carbocycles. The minimum Gasteiger partial charge on any atom is -0.465 e. The lowest BCUT2D eigenvalue weighted by molar-refractivity contribution is -0.116. The summed E-state index contributed by atoms with van der Waals surface area (Å²) in [5.74, 6) is -0.505. The lowest BCUT2D eigenvalue weighted by Crippen LogP contribution is -2.15. The van der Waals surface area contributed by atoms with Gasteiger partial charge in [0.15, 0.2) is 0 Å². The van der Waals surface area contributed by atoms with Crippen molar-refractivity contribution in [2.24, 2.45) is 0 Å². The van der Waals surface area contributed by atoms with E-state index in [9.17, 15) is 9.59 Å². The lowest BCUT2D eigenvalue weighted by Gasteiger charge is -2.10. The van der Waals surface area contributed by atoms with E-state index in [-0.39, 0.29) is 5.91 Å². The molecule has 4 nitrogen and oxygen atoms in total. The van der Waals surface area contributed by atoms with Gasteiger partial charge in [0.2, 0.25) is 5.91 Å². The van der Waals surface area contributed by atoms with Crippen LogP contribution >= 0.6 is 0 Å². The average molecular weight is 263 g/mol. The molecule has 0 radical (unpaired) electrons. The zero-order valence-electron chi connectivity index (χ0n) is 11.8. The molecule has 0 unspecified atom stereocenters. The van der Waals surface area contributed by atoms with Crippen LogP contribution in [0.25, 0.3) is 0 Å². The third-order valence-corrected chi connectivity index (χ3v) is 2.86. The quantitative estimate of drug-likeness (QED) is 0.633. The predicted molar refractivity (Wildman–Crippen MR) is 75.3 cm³/mol. The van der Waals surface area contributed by atoms with Gasteiger partial charge in [0, 0.05) is 6.42 Å². The highest BCUT2D eigenvalue weighted by Crippen LogP contribution is 2.19. The summed E-state index contributed by atoms with van der Waals surface area (Å²) in [6.07, 6.45) is 3.44. The number of methoxy groups -OCH3 is 1. The summed E-state index contributed by atoms with van der Waals surface area (Å²) >= 11 is 0. The second-order valence-electron chi connectivity index (χ2n) is 4.55. The van der Waals surface area contributed by atoms with Crippen molar-refractivity contribution in [3.63, 3.8) is 0 Å². The second kappa shape index (κ2) is 7.56. The topological polar surface area (TPSA) is 55.4 Å². The molecule has 104 valence electrons. The maximum Gasteiger partial charge on any atom is 0.339 e. The predicted octanol–water partition coefficient (Wildman–Crippen LogP) is 3.30. The molecule has 0 saturated carbocycles. The Bertz CT molecular complexity index is 455. The van der Waals surface area contributed by atoms with E-state index in [1.54, 1.807) is 12.1 Å². The van der Waals surface area contributed by atoms with Crippen LogP contribution in [0.3, 0.4) is 0 Å². The number of rotatable bonds is 6. The highest BCUT2D eigenvalue weighted by atomic mass is 16.5. The number of benzene rings is 1. The number of carbonyl (C=O) groups is 2. The highest BCUT2D eigenvalue weighted by molar-refractivity contribution is 6.01. The molecule has 1 amide bonds. The number of aryl methyl sites for hydroxylation is 1. The monoisotopic (exact) mass is 263 g/mol. The Balaban J connectivity index is 2.77. The Kier molecular flexibility index (Phi) is 6.06. The zero-order valence-corrected chi connectivity index (χ0v) is 11.8. The van der Waals surface area contributed by atoms with Crippen LogP contribution in [0.15, 0.2) is 18.2 Å². The van der Waals surface area contributed by atoms with Gasteiger partial charge in [-0.3, -0.25) is 4.79 Å². The molecule has 0 bridgehead atoms. The number of unbranched alkanes of at least 4 members (excludes halogenated alkanes) is 2. The summed E-state index contributed by atoms with van der Waals surface area (Å²) in [7, 11) is 1.33. The molecule has 4 heteroatoms. The number of esters is 1. The van der Waals surface area contributed by atoms with Gasteiger partial charge in [-0.2, -0.15) is 0 Å². The smallest absolute Gasteiger partial charge is 0.339 e. The van der Waals surface area contributed by atoms with E-state index in [1.807, 2.05) is 13.0 Å². The van der Waals surface area contributed by atoms with E-state index in [0.717, 1.165) is 24.8 Å². The van der Waals surface area contributed by atoms with Crippen molar-refractivity contribution in [1.29, 1.82) is 0 Å². The highest BCUT2D eigenvalue weighted by Gasteiger charge is 2.13. The van der Waals surface area contributed by atoms with Gasteiger partial charge in [-0.15, -0.1) is 0 Å². The molecule has 0 spiro atoms. The van der Waals surface area contributed by atoms with Crippen LogP contribution < -0.4 is 5.32 Å². The summed E-state index contributed by atoms with van der Waals surface area (Å²) in [5.41, 5.74) is 1.86. The zero-order chi connectivity index (χ0) is 14.3. The van der Waals surface area contributed by atoms with Crippen molar-refractivity contribution in [3.05, 3.63) is 29.3 Å². The van der Waals surface area contributed by atoms with Gasteiger partial charge < -0.3 is 10.1 Å². The van der Waals surface area contributed by atoms with E-state index < -0.39 is 5.97 Å². The summed E-state index contributed by atoms with van der Waals surface area (Å²) in [6.45, 7) is 3.98. The fourth-order valence-electron chi connectivity index (χ4n) is 1.79. The van der Waals surface area contributed by atoms with Gasteiger partial charge in [-0.1, -0.05) is 31.4 Å². The second-order valence-corrected chi connectivity index (χ2v) is 4.55. The van der Waals surface area contributed by atoms with E-state index in [0.29, 0.717) is 17.7 Å². The molecule has 1 rings (SSSR count). The van der Waals surface area contributed by atoms with Gasteiger partial charge in [0.25, 0.3) is 0 Å². The first-order chi connectivity index (χ1) is 9.08. The Labute approximate surface area is 114 Å². The maximum absolute atomic E-state index is 11.8. The SMILES string of the molecule is CCCCCC(=O)Nc1ccc(C)cc1C(=O)OC. The number of amides is 1. The Morgan fingerprint density at radius 2 is 2.00 bits per heavy atom. The molecular weight excluding hydrogens is 242 g/mol. The summed E-state index contributed by atoms with van der Waals surface area (Å²) in [6, 6.07) is 5.31. The minimum atomic E-state index is -0.437. The lowest BCUT2D eigenvalue weighted by atomic mass is 10.1. The molecule has 1 aromatic rings. The number of nitrogens with one attached hydrogen (secondary N) is 1. The number of carbonyl (C=O) groups excluding carboxylic acids is 2. The molecule has 0 heterocycles. The Morgan fingerprint density at radius 1 is 1.26 bits per heavy atom. The van der Waals surface area contributed by atoms with Gasteiger partial charge in [-0.05, 0) is 25.5 Å². The number of hydrogen-bond acceptors (Lipinski definition) is 3. The Morgan fingerprint density at radius 3 is 2.63 bits per heavy atom. The molecule has 0 aromatic heterocycles. The van der Waals surface area contributed by atoms with Crippen LogP contribution in [0.5, 0.6) is 0 Å². The molecule has 0 saturated heterocycles. The van der Waals surface area contributed by atoms with E-state index in [2.05, 4.69) is 12.2 Å². The van der Waals surface area contributed by atoms with E-state index in [4.69, 9.17) is 4.74 Å². The fraction of sp³-hybridized carbons (Fsp3) is 0.467. The van der Waals surface area contributed by atoms with Crippen LogP contribution in [0.2, 0.25) is 0 Å². The standard InChI is InChI=1S/C15H21NO3/c1-4-5-6-7-14(17)16-13-9-8-11(2)10-12(13)15(18)19-3/h8-10H,4-7H2,1-3H3,(H,16,17). The third-order valence-electron chi connectivity index (χ3n) is 2.86. The van der Waals surface area contributed by atoms with Crippen molar-refractivity contribution in [3.8, 4) is 0 Å². The molecule has 0 atom stereocenters. The van der Waals surface area contributed by atoms with Gasteiger partial charge in [0.05, 0.1) is 18.4 Å². The van der Waals surface area contributed by atoms with Crippen molar-refractivity contribution >= 4 is 17.6 Å². The van der Waals surface area contributed by atoms with Crippen molar-refractivity contribution in [2.75, 3.05) is 12.4 Å². The van der Waals surface area contributed by atoms with Crippen LogP contribution in [0.4, 0.5) is 5.69 Å². The first-order valence-corrected chi connectivity index (χ1v) is 6.57. The van der Waals surface area contributed by atoms with E-state index in [1.165, 1.54) is 7.11 Å². The summed E-state index contributed by atoms with van der Waals surface area (Å²) in [4.78, 5) is 23.4. The Hall–Kier alpha value is -1.84. The maximum atomic E-state index is 11.8. The van der Waals surface area contributed by atoms with Crippen molar-refractivity contribution in [1.82, 2.24) is 0 Å². The first-order valence-electron chi connectivity index (χ1n) is 6.57. The molecule has 1 N–H and O–H groups in total. The third kappa shape index (κ3) is 4.73. The molecule has 0 fully saturated rings. The van der Waals surface area contributed by atoms with Crippen LogP contribution in [0, 0.1) is 6.92 Å². The first kappa shape index (κ1) is 15.2. The molecule has 0 aliphatic heterocycles. The molecule has 0 aliphatic carbocycles. The minimum absolute atomic E-state index is 0.0672. The van der Waals surface area contributed by atoms with Gasteiger partial charge >= 0.3 is 5.97 Å². The van der Waals surface area contributed by atoms with E-state index >= 15 is 0 Å².